The fraction of sp³-hybridized carbons (Fsp3) is 0.615. The van der Waals surface area contributed by atoms with Crippen LogP contribution in [0.3, 0.4) is 0 Å². The number of pyridine rings is 1. The summed E-state index contributed by atoms with van der Waals surface area (Å²) in [7, 11) is 1.76. The van der Waals surface area contributed by atoms with Gasteiger partial charge >= 0.3 is 0 Å². The first-order chi connectivity index (χ1) is 21.7. The number of hydrogen-bond donors (Lipinski definition) is 0. The third-order valence-corrected chi connectivity index (χ3v) is 9.56. The van der Waals surface area contributed by atoms with Crippen molar-refractivity contribution in [1.29, 1.82) is 0 Å². The van der Waals surface area contributed by atoms with Crippen LogP contribution in [0, 0.1) is 0 Å². The summed E-state index contributed by atoms with van der Waals surface area (Å²) in [6.07, 6.45) is 25.3. The van der Waals surface area contributed by atoms with Crippen LogP contribution >= 0.6 is 0 Å². The fourth-order valence-electron chi connectivity index (χ4n) is 7.05. The summed E-state index contributed by atoms with van der Waals surface area (Å²) in [5, 5.41) is 2.46. The Bertz CT molecular complexity index is 1350. The maximum absolute atomic E-state index is 6.55. The van der Waals surface area contributed by atoms with Crippen LogP contribution in [0.5, 0.6) is 23.0 Å². The topological polar surface area (TPSA) is 40.8 Å². The maximum atomic E-state index is 6.55. The summed E-state index contributed by atoms with van der Waals surface area (Å²) in [5.74, 6) is 3.47. The first kappa shape index (κ1) is 32.4. The van der Waals surface area contributed by atoms with Crippen molar-refractivity contribution in [2.75, 3.05) is 20.5 Å². The highest BCUT2D eigenvalue weighted by molar-refractivity contribution is 5.95. The quantitative estimate of drug-likeness (QED) is 0.0953. The van der Waals surface area contributed by atoms with Crippen LogP contribution in [-0.2, 0) is 19.4 Å². The Morgan fingerprint density at radius 3 is 2.05 bits per heavy atom. The zero-order valence-corrected chi connectivity index (χ0v) is 27.8. The third-order valence-electron chi connectivity index (χ3n) is 9.56. The van der Waals surface area contributed by atoms with E-state index in [1.54, 1.807) is 7.11 Å². The highest BCUT2D eigenvalue weighted by Gasteiger charge is 2.32. The van der Waals surface area contributed by atoms with Gasteiger partial charge in [0.05, 0.1) is 24.7 Å². The van der Waals surface area contributed by atoms with Gasteiger partial charge in [-0.25, -0.2) is 0 Å². The number of unbranched alkanes of at least 4 members (excludes halogenated alkanes) is 14. The summed E-state index contributed by atoms with van der Waals surface area (Å²) >= 11 is 0. The van der Waals surface area contributed by atoms with E-state index in [1.807, 2.05) is 0 Å². The second-order valence-corrected chi connectivity index (χ2v) is 12.9. The van der Waals surface area contributed by atoms with Crippen molar-refractivity contribution in [3.8, 4) is 34.3 Å². The molecule has 0 spiro atoms. The second kappa shape index (κ2) is 16.9. The number of ether oxygens (including phenoxy) is 4. The number of nitrogens with zero attached hydrogens (tertiary/aromatic N) is 1. The third kappa shape index (κ3) is 8.00. The number of hydrogen-bond acceptors (Lipinski definition) is 4. The molecule has 0 saturated heterocycles. The number of aromatic nitrogens is 1. The zero-order valence-electron chi connectivity index (χ0n) is 27.8. The van der Waals surface area contributed by atoms with Gasteiger partial charge < -0.3 is 18.9 Å². The number of benzene rings is 2. The van der Waals surface area contributed by atoms with Crippen molar-refractivity contribution >= 4 is 10.8 Å². The van der Waals surface area contributed by atoms with Gasteiger partial charge in [-0.05, 0) is 49.1 Å². The lowest BCUT2D eigenvalue weighted by Crippen LogP contribution is -2.41. The number of fused-ring (bicyclic) bond motifs is 5. The zero-order chi connectivity index (χ0) is 30.6. The van der Waals surface area contributed by atoms with Crippen LogP contribution in [0.4, 0.5) is 0 Å². The molecular formula is C39H56NO4+. The SMILES string of the molecule is CCCCCCCCCCCCc1c2[n+](cc3c(OCCCCCCCC)c(OC)ccc13)CCc1cc3c(cc1-2)OCO3. The highest BCUT2D eigenvalue weighted by atomic mass is 16.7. The number of methoxy groups -OCH3 is 1. The first-order valence-electron chi connectivity index (χ1n) is 17.9. The van der Waals surface area contributed by atoms with Gasteiger partial charge in [0.25, 0.3) is 0 Å². The lowest BCUT2D eigenvalue weighted by Gasteiger charge is -2.21. The molecule has 240 valence electrons. The molecule has 0 atom stereocenters. The van der Waals surface area contributed by atoms with Crippen LogP contribution in [0.2, 0.25) is 0 Å². The molecule has 0 unspecified atom stereocenters. The number of rotatable bonds is 20. The van der Waals surface area contributed by atoms with Crippen molar-refractivity contribution in [3.05, 3.63) is 41.6 Å². The average Bonchev–Trinajstić information content (AvgIpc) is 3.51. The van der Waals surface area contributed by atoms with E-state index in [9.17, 15) is 0 Å². The summed E-state index contributed by atoms with van der Waals surface area (Å²) in [6.45, 7) is 6.53. The molecule has 0 radical (unpaired) electrons. The molecule has 2 aromatic carbocycles. The van der Waals surface area contributed by atoms with Crippen molar-refractivity contribution in [1.82, 2.24) is 0 Å². The molecule has 0 amide bonds. The molecule has 3 heterocycles. The molecule has 0 fully saturated rings. The van der Waals surface area contributed by atoms with Gasteiger partial charge in [0, 0.05) is 17.4 Å². The van der Waals surface area contributed by atoms with E-state index in [2.05, 4.69) is 48.9 Å². The van der Waals surface area contributed by atoms with E-state index in [0.29, 0.717) is 6.79 Å². The Morgan fingerprint density at radius 1 is 0.727 bits per heavy atom. The Hall–Kier alpha value is -2.95. The molecule has 0 bridgehead atoms. The van der Waals surface area contributed by atoms with E-state index >= 15 is 0 Å². The molecule has 5 heteroatoms. The maximum Gasteiger partial charge on any atom is 0.231 e. The van der Waals surface area contributed by atoms with E-state index in [4.69, 9.17) is 18.9 Å². The van der Waals surface area contributed by atoms with Crippen molar-refractivity contribution in [3.63, 3.8) is 0 Å². The van der Waals surface area contributed by atoms with Gasteiger partial charge in [0.1, 0.15) is 0 Å². The monoisotopic (exact) mass is 602 g/mol. The van der Waals surface area contributed by atoms with E-state index in [-0.39, 0.29) is 0 Å². The van der Waals surface area contributed by atoms with Crippen molar-refractivity contribution in [2.45, 2.75) is 136 Å². The van der Waals surface area contributed by atoms with E-state index in [0.717, 1.165) is 55.4 Å². The largest absolute Gasteiger partial charge is 0.493 e. The number of aryl methyl sites for hydroxylation is 3. The predicted molar refractivity (Wildman–Crippen MR) is 180 cm³/mol. The second-order valence-electron chi connectivity index (χ2n) is 12.9. The van der Waals surface area contributed by atoms with Crippen LogP contribution < -0.4 is 23.5 Å². The molecule has 3 aromatic rings. The van der Waals surface area contributed by atoms with Crippen LogP contribution in [0.15, 0.2) is 30.5 Å². The summed E-state index contributed by atoms with van der Waals surface area (Å²) < 4.78 is 26.5. The Morgan fingerprint density at radius 2 is 1.36 bits per heavy atom. The molecule has 1 aromatic heterocycles. The molecule has 0 saturated carbocycles. The predicted octanol–water partition coefficient (Wildman–Crippen LogP) is 10.3. The van der Waals surface area contributed by atoms with E-state index < -0.39 is 0 Å². The summed E-state index contributed by atoms with van der Waals surface area (Å²) in [4.78, 5) is 0. The molecular weight excluding hydrogens is 546 g/mol. The molecule has 2 aliphatic heterocycles. The van der Waals surface area contributed by atoms with Gasteiger partial charge in [-0.15, -0.1) is 0 Å². The summed E-state index contributed by atoms with van der Waals surface area (Å²) in [5.41, 5.74) is 5.40. The van der Waals surface area contributed by atoms with E-state index in [1.165, 1.54) is 129 Å². The molecule has 5 nitrogen and oxygen atoms in total. The molecule has 0 N–H and O–H groups in total. The first-order valence-corrected chi connectivity index (χ1v) is 17.9. The Labute approximate surface area is 266 Å². The lowest BCUT2D eigenvalue weighted by molar-refractivity contribution is -0.686. The summed E-state index contributed by atoms with van der Waals surface area (Å²) in [6, 6.07) is 8.80. The molecule has 0 aliphatic carbocycles. The van der Waals surface area contributed by atoms with Crippen molar-refractivity contribution in [2.24, 2.45) is 0 Å². The standard InChI is InChI=1S/C39H56NO4/c1-4-6-8-10-12-13-14-15-16-18-20-32-31-21-22-35(41-3)39(42-25-19-17-11-9-7-5-2)34(31)28-40-24-23-30-26-36-37(44-29-43-36)27-33(30)38(32)40/h21-22,26-28H,4-20,23-25,29H2,1-3H3/q+1. The average molecular weight is 603 g/mol. The minimum absolute atomic E-state index is 0.306. The van der Waals surface area contributed by atoms with Gasteiger partial charge in [-0.2, -0.15) is 4.57 Å². The van der Waals surface area contributed by atoms with Gasteiger partial charge in [-0.3, -0.25) is 0 Å². The molecule has 44 heavy (non-hydrogen) atoms. The molecule has 2 aliphatic rings. The molecule has 5 rings (SSSR count). The van der Waals surface area contributed by atoms with Gasteiger partial charge in [0.15, 0.2) is 35.7 Å². The minimum Gasteiger partial charge on any atom is -0.493 e. The van der Waals surface area contributed by atoms with Crippen LogP contribution in [0.1, 0.15) is 128 Å². The van der Waals surface area contributed by atoms with Gasteiger partial charge in [-0.1, -0.05) is 104 Å². The normalized spacial score (nSPS) is 13.2. The van der Waals surface area contributed by atoms with Crippen molar-refractivity contribution < 1.29 is 23.5 Å². The van der Waals surface area contributed by atoms with Crippen LogP contribution in [-0.4, -0.2) is 20.5 Å². The fourth-order valence-corrected chi connectivity index (χ4v) is 7.05. The Balaban J connectivity index is 1.38. The smallest absolute Gasteiger partial charge is 0.231 e. The highest BCUT2D eigenvalue weighted by Crippen LogP contribution is 2.44. The minimum atomic E-state index is 0.306. The lowest BCUT2D eigenvalue weighted by atomic mass is 9.89. The van der Waals surface area contributed by atoms with Crippen LogP contribution in [0.25, 0.3) is 22.0 Å². The Kier molecular flexibility index (Phi) is 12.5. The van der Waals surface area contributed by atoms with Gasteiger partial charge in [0.2, 0.25) is 12.5 Å².